The SMILES string of the molecule is NCc1ccc(-c2ccccc2C2=NNNN2C(c2ccccc2)(c2ccccc2)c2ccccc2)cc1. The van der Waals surface area contributed by atoms with Crippen LogP contribution < -0.4 is 16.8 Å². The van der Waals surface area contributed by atoms with Gasteiger partial charge in [0.2, 0.25) is 0 Å². The van der Waals surface area contributed by atoms with Crippen LogP contribution in [0.4, 0.5) is 0 Å². The van der Waals surface area contributed by atoms with Gasteiger partial charge in [0.1, 0.15) is 5.54 Å². The number of benzene rings is 5. The molecule has 1 aliphatic heterocycles. The summed E-state index contributed by atoms with van der Waals surface area (Å²) < 4.78 is 0. The van der Waals surface area contributed by atoms with Crippen molar-refractivity contribution in [2.24, 2.45) is 10.8 Å². The summed E-state index contributed by atoms with van der Waals surface area (Å²) in [5.41, 5.74) is 19.3. The highest BCUT2D eigenvalue weighted by Crippen LogP contribution is 2.43. The van der Waals surface area contributed by atoms with Crippen LogP contribution in [0, 0.1) is 0 Å². The van der Waals surface area contributed by atoms with E-state index < -0.39 is 5.54 Å². The average Bonchev–Trinajstić information content (AvgIpc) is 3.49. The van der Waals surface area contributed by atoms with Crippen molar-refractivity contribution >= 4 is 5.84 Å². The molecule has 0 saturated carbocycles. The Morgan fingerprint density at radius 3 is 1.55 bits per heavy atom. The molecule has 38 heavy (non-hydrogen) atoms. The fourth-order valence-electron chi connectivity index (χ4n) is 5.33. The van der Waals surface area contributed by atoms with Crippen LogP contribution in [0.25, 0.3) is 11.1 Å². The Morgan fingerprint density at radius 1 is 0.579 bits per heavy atom. The van der Waals surface area contributed by atoms with Gasteiger partial charge in [-0.2, -0.15) is 0 Å². The Labute approximate surface area is 223 Å². The lowest BCUT2D eigenvalue weighted by atomic mass is 9.76. The lowest BCUT2D eigenvalue weighted by Crippen LogP contribution is -2.56. The first-order chi connectivity index (χ1) is 18.8. The second kappa shape index (κ2) is 10.3. The molecule has 0 radical (unpaired) electrons. The minimum atomic E-state index is -0.720. The van der Waals surface area contributed by atoms with E-state index in [4.69, 9.17) is 10.8 Å². The lowest BCUT2D eigenvalue weighted by molar-refractivity contribution is 0.183. The summed E-state index contributed by atoms with van der Waals surface area (Å²) in [7, 11) is 0. The van der Waals surface area contributed by atoms with Crippen LogP contribution in [0.1, 0.15) is 27.8 Å². The van der Waals surface area contributed by atoms with Gasteiger partial charge in [-0.05, 0) is 33.4 Å². The zero-order valence-electron chi connectivity index (χ0n) is 21.0. The number of hydrazine groups is 2. The molecule has 0 aromatic heterocycles. The number of amidine groups is 1. The molecule has 0 unspecified atom stereocenters. The maximum atomic E-state index is 5.86. The van der Waals surface area contributed by atoms with Crippen molar-refractivity contribution in [2.75, 3.05) is 0 Å². The molecule has 0 amide bonds. The molecular formula is C33H29N5. The first-order valence-corrected chi connectivity index (χ1v) is 12.8. The van der Waals surface area contributed by atoms with E-state index in [9.17, 15) is 0 Å². The zero-order valence-corrected chi connectivity index (χ0v) is 21.0. The molecule has 1 heterocycles. The molecule has 0 saturated heterocycles. The third kappa shape index (κ3) is 4.04. The van der Waals surface area contributed by atoms with Crippen molar-refractivity contribution in [1.82, 2.24) is 16.1 Å². The zero-order chi connectivity index (χ0) is 25.8. The fourth-order valence-corrected chi connectivity index (χ4v) is 5.33. The molecule has 5 nitrogen and oxygen atoms in total. The van der Waals surface area contributed by atoms with Crippen LogP contribution in [0.2, 0.25) is 0 Å². The van der Waals surface area contributed by atoms with Gasteiger partial charge in [-0.15, -0.1) is 10.6 Å². The molecule has 0 atom stereocenters. The molecule has 0 fully saturated rings. The molecule has 5 heteroatoms. The molecule has 4 N–H and O–H groups in total. The fraction of sp³-hybridized carbons (Fsp3) is 0.0606. The maximum Gasteiger partial charge on any atom is 0.175 e. The van der Waals surface area contributed by atoms with E-state index in [0.717, 1.165) is 44.8 Å². The predicted octanol–water partition coefficient (Wildman–Crippen LogP) is 5.79. The van der Waals surface area contributed by atoms with E-state index in [-0.39, 0.29) is 0 Å². The predicted molar refractivity (Wildman–Crippen MR) is 154 cm³/mol. The number of hydrogen-bond donors (Lipinski definition) is 3. The molecule has 5 aromatic rings. The highest BCUT2D eigenvalue weighted by molar-refractivity contribution is 6.05. The third-order valence-electron chi connectivity index (χ3n) is 7.11. The molecular weight excluding hydrogens is 466 g/mol. The van der Waals surface area contributed by atoms with Gasteiger partial charge < -0.3 is 5.73 Å². The van der Waals surface area contributed by atoms with Crippen LogP contribution in [0.15, 0.2) is 145 Å². The second-order valence-electron chi connectivity index (χ2n) is 9.25. The van der Waals surface area contributed by atoms with E-state index in [2.05, 4.69) is 156 Å². The van der Waals surface area contributed by atoms with Gasteiger partial charge in [0.25, 0.3) is 0 Å². The Balaban J connectivity index is 1.59. The Hall–Kier alpha value is -4.71. The number of hydrogen-bond acceptors (Lipinski definition) is 5. The Morgan fingerprint density at radius 2 is 1.05 bits per heavy atom. The van der Waals surface area contributed by atoms with Crippen LogP contribution in [-0.4, -0.2) is 10.8 Å². The minimum Gasteiger partial charge on any atom is -0.326 e. The first-order valence-electron chi connectivity index (χ1n) is 12.8. The number of nitrogens with one attached hydrogen (secondary N) is 2. The van der Waals surface area contributed by atoms with E-state index in [1.807, 2.05) is 0 Å². The van der Waals surface area contributed by atoms with Gasteiger partial charge in [0.15, 0.2) is 5.84 Å². The van der Waals surface area contributed by atoms with Gasteiger partial charge in [0.05, 0.1) is 0 Å². The summed E-state index contributed by atoms with van der Waals surface area (Å²) in [6.45, 7) is 0.518. The van der Waals surface area contributed by atoms with Crippen LogP contribution in [0.3, 0.4) is 0 Å². The number of nitrogens with two attached hydrogens (primary N) is 1. The normalized spacial score (nSPS) is 13.2. The molecule has 0 bridgehead atoms. The maximum absolute atomic E-state index is 5.86. The van der Waals surface area contributed by atoms with Gasteiger partial charge >= 0.3 is 0 Å². The average molecular weight is 496 g/mol. The van der Waals surface area contributed by atoms with Crippen molar-refractivity contribution in [1.29, 1.82) is 0 Å². The monoisotopic (exact) mass is 495 g/mol. The molecule has 0 aliphatic carbocycles. The summed E-state index contributed by atoms with van der Waals surface area (Å²) in [4.78, 5) is 0. The lowest BCUT2D eigenvalue weighted by Gasteiger charge is -2.44. The van der Waals surface area contributed by atoms with Gasteiger partial charge in [-0.1, -0.05) is 140 Å². The van der Waals surface area contributed by atoms with Crippen molar-refractivity contribution in [3.8, 4) is 11.1 Å². The summed E-state index contributed by atoms with van der Waals surface area (Å²) in [5, 5.41) is 6.96. The van der Waals surface area contributed by atoms with E-state index in [1.54, 1.807) is 0 Å². The Bertz CT molecular complexity index is 1430. The number of hydrazone groups is 1. The number of rotatable bonds is 7. The van der Waals surface area contributed by atoms with E-state index >= 15 is 0 Å². The third-order valence-corrected chi connectivity index (χ3v) is 7.11. The summed E-state index contributed by atoms with van der Waals surface area (Å²) in [5.74, 6) is 0.792. The first kappa shape index (κ1) is 23.7. The van der Waals surface area contributed by atoms with Crippen LogP contribution >= 0.6 is 0 Å². The van der Waals surface area contributed by atoms with Crippen molar-refractivity contribution in [3.05, 3.63) is 167 Å². The quantitative estimate of drug-likeness (QED) is 0.250. The molecule has 1 aliphatic rings. The summed E-state index contributed by atoms with van der Waals surface area (Å²) in [6.07, 6.45) is 0. The van der Waals surface area contributed by atoms with Crippen molar-refractivity contribution in [2.45, 2.75) is 12.1 Å². The largest absolute Gasteiger partial charge is 0.326 e. The minimum absolute atomic E-state index is 0.518. The molecule has 6 rings (SSSR count). The second-order valence-corrected chi connectivity index (χ2v) is 9.25. The van der Waals surface area contributed by atoms with E-state index in [1.165, 1.54) is 0 Å². The van der Waals surface area contributed by atoms with Crippen LogP contribution in [0.5, 0.6) is 0 Å². The summed E-state index contributed by atoms with van der Waals surface area (Å²) in [6, 6.07) is 48.5. The molecule has 186 valence electrons. The highest BCUT2D eigenvalue weighted by atomic mass is 15.8. The molecule has 5 aromatic carbocycles. The molecule has 0 spiro atoms. The standard InChI is InChI=1S/C33H29N5/c34-24-25-20-22-26(23-21-25)30-18-10-11-19-31(30)32-35-36-37-38(32)33(27-12-4-1-5-13-27,28-14-6-2-7-15-28)29-16-8-3-9-17-29/h1-23,36-37H,24,34H2. The highest BCUT2D eigenvalue weighted by Gasteiger charge is 2.46. The summed E-state index contributed by atoms with van der Waals surface area (Å²) >= 11 is 0. The van der Waals surface area contributed by atoms with Crippen molar-refractivity contribution < 1.29 is 0 Å². The van der Waals surface area contributed by atoms with Gasteiger partial charge in [0, 0.05) is 12.1 Å². The number of nitrogens with zero attached hydrogens (tertiary/aromatic N) is 2. The van der Waals surface area contributed by atoms with Gasteiger partial charge in [-0.25, -0.2) is 5.53 Å². The van der Waals surface area contributed by atoms with Crippen molar-refractivity contribution in [3.63, 3.8) is 0 Å². The smallest absolute Gasteiger partial charge is 0.175 e. The topological polar surface area (TPSA) is 65.7 Å². The Kier molecular flexibility index (Phi) is 6.44. The van der Waals surface area contributed by atoms with Gasteiger partial charge in [-0.3, -0.25) is 5.01 Å². The van der Waals surface area contributed by atoms with Crippen LogP contribution in [-0.2, 0) is 12.1 Å². The van der Waals surface area contributed by atoms with E-state index in [0.29, 0.717) is 6.54 Å².